The van der Waals surface area contributed by atoms with Gasteiger partial charge in [0.05, 0.1) is 0 Å². The Hall–Kier alpha value is -1.55. The number of benzene rings is 1. The van der Waals surface area contributed by atoms with Gasteiger partial charge in [0.1, 0.15) is 6.61 Å². The predicted molar refractivity (Wildman–Crippen MR) is 80.9 cm³/mol. The van der Waals surface area contributed by atoms with E-state index in [4.69, 9.17) is 4.74 Å². The van der Waals surface area contributed by atoms with Gasteiger partial charge >= 0.3 is 0 Å². The van der Waals surface area contributed by atoms with Crippen molar-refractivity contribution in [1.82, 2.24) is 4.90 Å². The third kappa shape index (κ3) is 3.73. The fourth-order valence-electron chi connectivity index (χ4n) is 2.64. The molecule has 110 valence electrons. The number of amides is 1. The highest BCUT2D eigenvalue weighted by molar-refractivity contribution is 5.77. The second-order valence-corrected chi connectivity index (χ2v) is 5.22. The molecule has 1 aromatic rings. The lowest BCUT2D eigenvalue weighted by Crippen LogP contribution is -2.49. The number of hydrogen-bond donors (Lipinski definition) is 0. The number of nitrogens with zero attached hydrogens (tertiary/aromatic N) is 2. The second kappa shape index (κ2) is 7.29. The summed E-state index contributed by atoms with van der Waals surface area (Å²) in [6, 6.07) is 10.7. The summed E-state index contributed by atoms with van der Waals surface area (Å²) in [5, 5.41) is 0. The summed E-state index contributed by atoms with van der Waals surface area (Å²) in [6.07, 6.45) is 2.18. The van der Waals surface area contributed by atoms with Gasteiger partial charge in [-0.25, -0.2) is 0 Å². The van der Waals surface area contributed by atoms with Gasteiger partial charge in [-0.05, 0) is 31.9 Å². The molecule has 1 fully saturated rings. The van der Waals surface area contributed by atoms with E-state index in [1.807, 2.05) is 24.9 Å². The van der Waals surface area contributed by atoms with Crippen LogP contribution in [-0.4, -0.2) is 50.2 Å². The summed E-state index contributed by atoms with van der Waals surface area (Å²) in [4.78, 5) is 16.2. The van der Waals surface area contributed by atoms with Gasteiger partial charge in [-0.2, -0.15) is 0 Å². The van der Waals surface area contributed by atoms with E-state index in [1.165, 1.54) is 5.69 Å². The van der Waals surface area contributed by atoms with E-state index in [0.717, 1.165) is 25.9 Å². The summed E-state index contributed by atoms with van der Waals surface area (Å²) in [5.41, 5.74) is 1.24. The van der Waals surface area contributed by atoms with Crippen molar-refractivity contribution in [3.8, 4) is 0 Å². The molecular formula is C16H24N2O2. The van der Waals surface area contributed by atoms with Crippen molar-refractivity contribution in [2.24, 2.45) is 0 Å². The normalized spacial score (nSPS) is 18.9. The van der Waals surface area contributed by atoms with Crippen LogP contribution >= 0.6 is 0 Å². The molecule has 20 heavy (non-hydrogen) atoms. The highest BCUT2D eigenvalue weighted by Gasteiger charge is 2.26. The molecule has 1 aliphatic rings. The van der Waals surface area contributed by atoms with Gasteiger partial charge in [0, 0.05) is 38.5 Å². The quantitative estimate of drug-likeness (QED) is 0.826. The van der Waals surface area contributed by atoms with Gasteiger partial charge in [-0.1, -0.05) is 18.2 Å². The zero-order valence-corrected chi connectivity index (χ0v) is 12.4. The molecule has 1 saturated heterocycles. The van der Waals surface area contributed by atoms with E-state index in [-0.39, 0.29) is 18.6 Å². The summed E-state index contributed by atoms with van der Waals surface area (Å²) < 4.78 is 5.21. The number of likely N-dealkylation sites (N-methyl/N-ethyl adjacent to an activating group) is 1. The molecular weight excluding hydrogens is 252 g/mol. The van der Waals surface area contributed by atoms with Crippen molar-refractivity contribution in [2.75, 3.05) is 38.3 Å². The molecule has 0 N–H and O–H groups in total. The van der Waals surface area contributed by atoms with Crippen LogP contribution in [0, 0.1) is 0 Å². The molecule has 0 bridgehead atoms. The zero-order valence-electron chi connectivity index (χ0n) is 12.4. The molecule has 1 aromatic carbocycles. The third-order valence-corrected chi connectivity index (χ3v) is 3.89. The van der Waals surface area contributed by atoms with E-state index >= 15 is 0 Å². The minimum Gasteiger partial charge on any atom is -0.372 e. The van der Waals surface area contributed by atoms with Crippen LogP contribution in [0.2, 0.25) is 0 Å². The summed E-state index contributed by atoms with van der Waals surface area (Å²) in [5.74, 6) is 0.0757. The molecule has 1 amide bonds. The Kier molecular flexibility index (Phi) is 5.41. The number of ether oxygens (including phenoxy) is 1. The lowest BCUT2D eigenvalue weighted by molar-refractivity contribution is -0.136. The van der Waals surface area contributed by atoms with E-state index in [2.05, 4.69) is 29.2 Å². The number of carbonyl (C=O) groups excluding carboxylic acids is 1. The number of carbonyl (C=O) groups is 1. The van der Waals surface area contributed by atoms with Crippen LogP contribution in [0.15, 0.2) is 30.3 Å². The van der Waals surface area contributed by atoms with Crippen molar-refractivity contribution in [3.05, 3.63) is 30.3 Å². The first-order valence-electron chi connectivity index (χ1n) is 7.35. The maximum absolute atomic E-state index is 12.0. The minimum atomic E-state index is 0.0757. The molecule has 0 aliphatic carbocycles. The topological polar surface area (TPSA) is 32.8 Å². The van der Waals surface area contributed by atoms with Crippen LogP contribution in [0.1, 0.15) is 19.8 Å². The predicted octanol–water partition coefficient (Wildman–Crippen LogP) is 2.15. The standard InChI is InChI=1S/C16H24N2O2/c1-3-20-13-16(19)17(2)15-10-7-11-18(12-15)14-8-5-4-6-9-14/h4-6,8-9,15H,3,7,10-13H2,1-2H3/t15-/m1/s1. The maximum Gasteiger partial charge on any atom is 0.248 e. The Labute approximate surface area is 121 Å². The van der Waals surface area contributed by atoms with Gasteiger partial charge in [0.15, 0.2) is 0 Å². The number of hydrogen-bond acceptors (Lipinski definition) is 3. The van der Waals surface area contributed by atoms with Crippen LogP contribution in [0.3, 0.4) is 0 Å². The second-order valence-electron chi connectivity index (χ2n) is 5.22. The van der Waals surface area contributed by atoms with Gasteiger partial charge in [0.2, 0.25) is 5.91 Å². The third-order valence-electron chi connectivity index (χ3n) is 3.89. The number of rotatable bonds is 5. The molecule has 0 aromatic heterocycles. The Bertz CT molecular complexity index is 422. The Morgan fingerprint density at radius 2 is 2.15 bits per heavy atom. The SMILES string of the molecule is CCOCC(=O)N(C)[C@@H]1CCCN(c2ccccc2)C1. The molecule has 1 atom stereocenters. The van der Waals surface area contributed by atoms with E-state index in [1.54, 1.807) is 0 Å². The average Bonchev–Trinajstić information content (AvgIpc) is 2.53. The Morgan fingerprint density at radius 3 is 2.85 bits per heavy atom. The van der Waals surface area contributed by atoms with Crippen LogP contribution in [-0.2, 0) is 9.53 Å². The first-order valence-corrected chi connectivity index (χ1v) is 7.35. The smallest absolute Gasteiger partial charge is 0.248 e. The molecule has 4 nitrogen and oxygen atoms in total. The minimum absolute atomic E-state index is 0.0757. The fourth-order valence-corrected chi connectivity index (χ4v) is 2.64. The van der Waals surface area contributed by atoms with Gasteiger partial charge in [0.25, 0.3) is 0 Å². The van der Waals surface area contributed by atoms with Gasteiger partial charge in [-0.15, -0.1) is 0 Å². The van der Waals surface area contributed by atoms with Crippen LogP contribution in [0.4, 0.5) is 5.69 Å². The molecule has 1 aliphatic heterocycles. The molecule has 0 radical (unpaired) electrons. The van der Waals surface area contributed by atoms with Crippen LogP contribution in [0.25, 0.3) is 0 Å². The van der Waals surface area contributed by atoms with Crippen molar-refractivity contribution in [1.29, 1.82) is 0 Å². The summed E-state index contributed by atoms with van der Waals surface area (Å²) in [7, 11) is 1.89. The highest BCUT2D eigenvalue weighted by Crippen LogP contribution is 2.21. The molecule has 0 spiro atoms. The zero-order chi connectivity index (χ0) is 14.4. The van der Waals surface area contributed by atoms with Crippen molar-refractivity contribution < 1.29 is 9.53 Å². The summed E-state index contributed by atoms with van der Waals surface area (Å²) in [6.45, 7) is 4.65. The van der Waals surface area contributed by atoms with Crippen molar-refractivity contribution >= 4 is 11.6 Å². The highest BCUT2D eigenvalue weighted by atomic mass is 16.5. The Balaban J connectivity index is 1.94. The van der Waals surface area contributed by atoms with E-state index < -0.39 is 0 Å². The van der Waals surface area contributed by atoms with E-state index in [9.17, 15) is 4.79 Å². The molecule has 0 saturated carbocycles. The molecule has 4 heteroatoms. The summed E-state index contributed by atoms with van der Waals surface area (Å²) >= 11 is 0. The molecule has 0 unspecified atom stereocenters. The lowest BCUT2D eigenvalue weighted by atomic mass is 10.0. The molecule has 2 rings (SSSR count). The largest absolute Gasteiger partial charge is 0.372 e. The van der Waals surface area contributed by atoms with Gasteiger partial charge in [-0.3, -0.25) is 4.79 Å². The number of para-hydroxylation sites is 1. The van der Waals surface area contributed by atoms with Crippen molar-refractivity contribution in [3.63, 3.8) is 0 Å². The number of anilines is 1. The Morgan fingerprint density at radius 1 is 1.40 bits per heavy atom. The van der Waals surface area contributed by atoms with E-state index in [0.29, 0.717) is 6.61 Å². The fraction of sp³-hybridized carbons (Fsp3) is 0.562. The van der Waals surface area contributed by atoms with Gasteiger partial charge < -0.3 is 14.5 Å². The maximum atomic E-state index is 12.0. The molecule has 1 heterocycles. The first kappa shape index (κ1) is 14.9. The van der Waals surface area contributed by atoms with Crippen LogP contribution < -0.4 is 4.90 Å². The van der Waals surface area contributed by atoms with Crippen molar-refractivity contribution in [2.45, 2.75) is 25.8 Å². The lowest BCUT2D eigenvalue weighted by Gasteiger charge is -2.38. The monoisotopic (exact) mass is 276 g/mol. The van der Waals surface area contributed by atoms with Crippen LogP contribution in [0.5, 0.6) is 0 Å². The first-order chi connectivity index (χ1) is 9.72. The average molecular weight is 276 g/mol. The number of piperidine rings is 1.